The molecule has 0 radical (unpaired) electrons. The normalized spacial score (nSPS) is 23.9. The van der Waals surface area contributed by atoms with Gasteiger partial charge in [-0.1, -0.05) is 12.8 Å². The molecule has 2 rings (SSSR count). The van der Waals surface area contributed by atoms with Gasteiger partial charge in [0.15, 0.2) is 0 Å². The van der Waals surface area contributed by atoms with E-state index in [1.165, 1.54) is 36.9 Å². The van der Waals surface area contributed by atoms with Crippen LogP contribution in [0.2, 0.25) is 0 Å². The van der Waals surface area contributed by atoms with Gasteiger partial charge in [0.2, 0.25) is 0 Å². The van der Waals surface area contributed by atoms with Crippen molar-refractivity contribution in [3.05, 3.63) is 17.5 Å². The van der Waals surface area contributed by atoms with Crippen LogP contribution in [0.5, 0.6) is 0 Å². The second-order valence-corrected chi connectivity index (χ2v) is 5.50. The van der Waals surface area contributed by atoms with Gasteiger partial charge in [0.25, 0.3) is 0 Å². The number of likely N-dealkylation sites (tertiary alicyclic amines) is 1. The number of aryl methyl sites for hydroxylation is 1. The summed E-state index contributed by atoms with van der Waals surface area (Å²) in [5.74, 6) is 0. The number of hydrogen-bond donors (Lipinski definition) is 1. The van der Waals surface area contributed by atoms with E-state index in [9.17, 15) is 0 Å². The molecule has 1 saturated heterocycles. The third-order valence-corrected chi connectivity index (χ3v) is 4.36. The molecular formula is C14H26N4. The summed E-state index contributed by atoms with van der Waals surface area (Å²) in [5, 5.41) is 4.36. The molecule has 4 nitrogen and oxygen atoms in total. The lowest BCUT2D eigenvalue weighted by atomic mass is 10.0. The lowest BCUT2D eigenvalue weighted by Gasteiger charge is -2.34. The zero-order chi connectivity index (χ0) is 13.1. The molecule has 4 heteroatoms. The molecule has 102 valence electrons. The van der Waals surface area contributed by atoms with Gasteiger partial charge in [0.05, 0.1) is 12.2 Å². The Morgan fingerprint density at radius 2 is 2.22 bits per heavy atom. The fourth-order valence-electron chi connectivity index (χ4n) is 3.04. The van der Waals surface area contributed by atoms with Crippen molar-refractivity contribution in [3.63, 3.8) is 0 Å². The summed E-state index contributed by atoms with van der Waals surface area (Å²) in [6.07, 6.45) is 7.27. The summed E-state index contributed by atoms with van der Waals surface area (Å²) in [6, 6.07) is 0.951. The van der Waals surface area contributed by atoms with Gasteiger partial charge in [-0.3, -0.25) is 9.58 Å². The highest BCUT2D eigenvalue weighted by Gasteiger charge is 2.27. The lowest BCUT2D eigenvalue weighted by Crippen LogP contribution is -2.40. The Morgan fingerprint density at radius 3 is 2.83 bits per heavy atom. The van der Waals surface area contributed by atoms with Crippen LogP contribution in [-0.2, 0) is 7.05 Å². The van der Waals surface area contributed by atoms with Gasteiger partial charge in [0, 0.05) is 30.9 Å². The van der Waals surface area contributed by atoms with Crippen molar-refractivity contribution >= 4 is 0 Å². The van der Waals surface area contributed by atoms with Crippen LogP contribution in [0.3, 0.4) is 0 Å². The number of rotatable bonds is 3. The molecule has 2 N–H and O–H groups in total. The van der Waals surface area contributed by atoms with E-state index in [0.717, 1.165) is 6.54 Å². The van der Waals surface area contributed by atoms with Gasteiger partial charge in [-0.15, -0.1) is 0 Å². The van der Waals surface area contributed by atoms with Crippen LogP contribution in [0.1, 0.15) is 49.9 Å². The topological polar surface area (TPSA) is 47.1 Å². The van der Waals surface area contributed by atoms with E-state index in [1.54, 1.807) is 0 Å². The minimum atomic E-state index is 0.326. The molecule has 1 aromatic rings. The number of nitrogens with two attached hydrogens (primary N) is 1. The first-order valence-corrected chi connectivity index (χ1v) is 7.09. The number of aromatic nitrogens is 2. The van der Waals surface area contributed by atoms with Crippen LogP contribution < -0.4 is 5.73 Å². The highest BCUT2D eigenvalue weighted by atomic mass is 15.3. The average molecular weight is 250 g/mol. The molecule has 2 heterocycles. The third kappa shape index (κ3) is 2.59. The molecule has 0 aliphatic carbocycles. The Kier molecular flexibility index (Phi) is 4.40. The molecule has 1 aromatic heterocycles. The molecule has 0 spiro atoms. The minimum absolute atomic E-state index is 0.326. The van der Waals surface area contributed by atoms with E-state index >= 15 is 0 Å². The summed E-state index contributed by atoms with van der Waals surface area (Å²) >= 11 is 0. The quantitative estimate of drug-likeness (QED) is 0.892. The van der Waals surface area contributed by atoms with Gasteiger partial charge in [0.1, 0.15) is 0 Å². The van der Waals surface area contributed by atoms with Gasteiger partial charge < -0.3 is 5.73 Å². The molecule has 18 heavy (non-hydrogen) atoms. The van der Waals surface area contributed by atoms with Crippen LogP contribution in [0, 0.1) is 6.92 Å². The average Bonchev–Trinajstić information content (AvgIpc) is 2.57. The Morgan fingerprint density at radius 1 is 1.44 bits per heavy atom. The van der Waals surface area contributed by atoms with E-state index in [-0.39, 0.29) is 0 Å². The molecule has 2 atom stereocenters. The van der Waals surface area contributed by atoms with Gasteiger partial charge in [-0.05, 0) is 33.2 Å². The summed E-state index contributed by atoms with van der Waals surface area (Å²) < 4.78 is 1.94. The highest BCUT2D eigenvalue weighted by Crippen LogP contribution is 2.28. The smallest absolute Gasteiger partial charge is 0.0540 e. The van der Waals surface area contributed by atoms with E-state index in [2.05, 4.69) is 23.8 Å². The Bertz CT molecular complexity index is 385. The Balaban J connectivity index is 2.24. The Hall–Kier alpha value is -0.870. The number of hydrogen-bond acceptors (Lipinski definition) is 3. The maximum Gasteiger partial charge on any atom is 0.0540 e. The van der Waals surface area contributed by atoms with Crippen molar-refractivity contribution in [3.8, 4) is 0 Å². The molecule has 0 saturated carbocycles. The van der Waals surface area contributed by atoms with E-state index in [0.29, 0.717) is 18.6 Å². The predicted octanol–water partition coefficient (Wildman–Crippen LogP) is 1.99. The van der Waals surface area contributed by atoms with Crippen LogP contribution in [0.15, 0.2) is 6.20 Å². The van der Waals surface area contributed by atoms with E-state index in [4.69, 9.17) is 5.73 Å². The SMILES string of the molecule is Cc1c(C(CN)N2CCCCCC2C)cnn1C. The second-order valence-electron chi connectivity index (χ2n) is 5.50. The molecule has 0 bridgehead atoms. The lowest BCUT2D eigenvalue weighted by molar-refractivity contribution is 0.150. The van der Waals surface area contributed by atoms with Crippen LogP contribution in [0.25, 0.3) is 0 Å². The van der Waals surface area contributed by atoms with Gasteiger partial charge in [-0.25, -0.2) is 0 Å². The summed E-state index contributed by atoms with van der Waals surface area (Å²) in [6.45, 7) is 6.31. The third-order valence-electron chi connectivity index (χ3n) is 4.36. The van der Waals surface area contributed by atoms with E-state index in [1.807, 2.05) is 17.9 Å². The summed E-state index contributed by atoms with van der Waals surface area (Å²) in [7, 11) is 2.00. The molecular weight excluding hydrogens is 224 g/mol. The first-order valence-electron chi connectivity index (χ1n) is 7.09. The standard InChI is InChI=1S/C14H26N4/c1-11-7-5-4-6-8-18(11)14(9-15)13-10-16-17(3)12(13)2/h10-11,14H,4-9,15H2,1-3H3. The monoisotopic (exact) mass is 250 g/mol. The summed E-state index contributed by atoms with van der Waals surface area (Å²) in [4.78, 5) is 2.58. The molecule has 1 aliphatic heterocycles. The van der Waals surface area contributed by atoms with Crippen LogP contribution in [-0.4, -0.2) is 33.8 Å². The maximum atomic E-state index is 6.05. The van der Waals surface area contributed by atoms with Crippen LogP contribution >= 0.6 is 0 Å². The van der Waals surface area contributed by atoms with Crippen molar-refractivity contribution in [2.24, 2.45) is 12.8 Å². The molecule has 2 unspecified atom stereocenters. The first-order chi connectivity index (χ1) is 8.65. The van der Waals surface area contributed by atoms with Crippen molar-refractivity contribution in [2.45, 2.75) is 51.6 Å². The van der Waals surface area contributed by atoms with Gasteiger partial charge in [-0.2, -0.15) is 5.10 Å². The summed E-state index contributed by atoms with van der Waals surface area (Å²) in [5.41, 5.74) is 8.59. The molecule has 0 amide bonds. The minimum Gasteiger partial charge on any atom is -0.329 e. The zero-order valence-corrected chi connectivity index (χ0v) is 11.9. The van der Waals surface area contributed by atoms with Crippen molar-refractivity contribution in [1.82, 2.24) is 14.7 Å². The molecule has 1 aliphatic rings. The van der Waals surface area contributed by atoms with Crippen molar-refractivity contribution in [2.75, 3.05) is 13.1 Å². The highest BCUT2D eigenvalue weighted by molar-refractivity contribution is 5.21. The molecule has 1 fully saturated rings. The fraction of sp³-hybridized carbons (Fsp3) is 0.786. The van der Waals surface area contributed by atoms with Crippen molar-refractivity contribution in [1.29, 1.82) is 0 Å². The predicted molar refractivity (Wildman–Crippen MR) is 74.4 cm³/mol. The fourth-order valence-corrected chi connectivity index (χ4v) is 3.04. The maximum absolute atomic E-state index is 6.05. The van der Waals surface area contributed by atoms with Crippen molar-refractivity contribution < 1.29 is 0 Å². The van der Waals surface area contributed by atoms with Gasteiger partial charge >= 0.3 is 0 Å². The largest absolute Gasteiger partial charge is 0.329 e. The second kappa shape index (κ2) is 5.85. The zero-order valence-electron chi connectivity index (χ0n) is 11.9. The van der Waals surface area contributed by atoms with Crippen LogP contribution in [0.4, 0.5) is 0 Å². The first kappa shape index (κ1) is 13.6. The van der Waals surface area contributed by atoms with E-state index < -0.39 is 0 Å². The Labute approximate surface area is 110 Å². The molecule has 0 aromatic carbocycles. The number of nitrogens with zero attached hydrogens (tertiary/aromatic N) is 3.